The van der Waals surface area contributed by atoms with Crippen molar-refractivity contribution in [3.63, 3.8) is 0 Å². The summed E-state index contributed by atoms with van der Waals surface area (Å²) in [6.07, 6.45) is 0. The van der Waals surface area contributed by atoms with Crippen molar-refractivity contribution in [2.45, 2.75) is 0 Å². The van der Waals surface area contributed by atoms with Gasteiger partial charge in [-0.15, -0.1) is 0 Å². The van der Waals surface area contributed by atoms with E-state index in [2.05, 4.69) is 0 Å². The lowest BCUT2D eigenvalue weighted by Gasteiger charge is -2.02. The van der Waals surface area contributed by atoms with Gasteiger partial charge in [-0.1, -0.05) is 12.1 Å². The van der Waals surface area contributed by atoms with E-state index in [1.54, 1.807) is 23.7 Å². The van der Waals surface area contributed by atoms with Crippen molar-refractivity contribution < 1.29 is 19.1 Å². The van der Waals surface area contributed by atoms with Gasteiger partial charge in [0.25, 0.3) is 0 Å². The molecule has 19 heavy (non-hydrogen) atoms. The van der Waals surface area contributed by atoms with Crippen LogP contribution >= 0.6 is 0 Å². The van der Waals surface area contributed by atoms with Crippen LogP contribution in [0.3, 0.4) is 0 Å². The standard InChI is InChI=1S/C14H14N3O2/c1-18-16-11-5-3-4-6-12(11)17(19-2)14-9-10(15)7-8-13(14)16/h3-9,15H,1-2H3/q+1/p+1. The molecule has 0 saturated carbocycles. The first-order valence-corrected chi connectivity index (χ1v) is 5.93. The highest BCUT2D eigenvalue weighted by molar-refractivity contribution is 5.78. The van der Waals surface area contributed by atoms with Crippen molar-refractivity contribution >= 4 is 27.8 Å². The Labute approximate surface area is 110 Å². The molecule has 0 unspecified atom stereocenters. The molecule has 0 bridgehead atoms. The molecule has 5 nitrogen and oxygen atoms in total. The molecular formula is C14H15N3O2+2. The molecule has 1 aromatic heterocycles. The third-order valence-corrected chi connectivity index (χ3v) is 3.12. The molecule has 0 atom stereocenters. The number of para-hydroxylation sites is 2. The van der Waals surface area contributed by atoms with Crippen LogP contribution in [0.4, 0.5) is 5.69 Å². The molecule has 2 N–H and O–H groups in total. The fourth-order valence-electron chi connectivity index (χ4n) is 2.34. The minimum absolute atomic E-state index is 0.677. The van der Waals surface area contributed by atoms with Crippen molar-refractivity contribution in [3.8, 4) is 0 Å². The summed E-state index contributed by atoms with van der Waals surface area (Å²) < 4.78 is 3.51. The average Bonchev–Trinajstić information content (AvgIpc) is 2.44. The first-order chi connectivity index (χ1) is 9.26. The molecule has 0 amide bonds. The molecule has 0 aliphatic rings. The predicted molar refractivity (Wildman–Crippen MR) is 71.3 cm³/mol. The number of hydrogen-bond donors (Lipinski definition) is 1. The van der Waals surface area contributed by atoms with Crippen molar-refractivity contribution in [2.75, 3.05) is 20.0 Å². The number of anilines is 1. The Balaban J connectivity index is 2.60. The number of fused-ring (bicyclic) bond motifs is 2. The van der Waals surface area contributed by atoms with Gasteiger partial charge in [0, 0.05) is 39.4 Å². The van der Waals surface area contributed by atoms with E-state index < -0.39 is 0 Å². The highest BCUT2D eigenvalue weighted by Gasteiger charge is 2.29. The Hall–Kier alpha value is -2.56. The molecule has 96 valence electrons. The third kappa shape index (κ3) is 1.62. The van der Waals surface area contributed by atoms with E-state index in [1.165, 1.54) is 0 Å². The summed E-state index contributed by atoms with van der Waals surface area (Å²) in [7, 11) is 3.27. The molecular weight excluding hydrogens is 242 g/mol. The fraction of sp³-hybridized carbons (Fsp3) is 0.143. The molecule has 3 aromatic rings. The van der Waals surface area contributed by atoms with E-state index in [0.717, 1.165) is 22.1 Å². The summed E-state index contributed by atoms with van der Waals surface area (Å²) in [6.45, 7) is 0. The van der Waals surface area contributed by atoms with Gasteiger partial charge in [-0.2, -0.15) is 0 Å². The van der Waals surface area contributed by atoms with Crippen molar-refractivity contribution in [3.05, 3.63) is 42.5 Å². The van der Waals surface area contributed by atoms with Crippen LogP contribution in [0.25, 0.3) is 22.1 Å². The molecule has 0 aliphatic carbocycles. The summed E-state index contributed by atoms with van der Waals surface area (Å²) in [5, 5.41) is 0. The van der Waals surface area contributed by atoms with E-state index in [4.69, 9.17) is 15.4 Å². The van der Waals surface area contributed by atoms with E-state index in [9.17, 15) is 0 Å². The third-order valence-electron chi connectivity index (χ3n) is 3.12. The molecule has 0 spiro atoms. The van der Waals surface area contributed by atoms with E-state index in [0.29, 0.717) is 5.69 Å². The number of hydrogen-bond acceptors (Lipinski definition) is 3. The molecule has 1 heterocycles. The topological polar surface area (TPSA) is 52.2 Å². The summed E-state index contributed by atoms with van der Waals surface area (Å²) >= 11 is 0. The summed E-state index contributed by atoms with van der Waals surface area (Å²) in [4.78, 5) is 11.0. The Morgan fingerprint density at radius 3 is 1.89 bits per heavy atom. The fourth-order valence-corrected chi connectivity index (χ4v) is 2.34. The number of nitrogens with two attached hydrogens (primary N) is 1. The number of nitrogens with zero attached hydrogens (tertiary/aromatic N) is 2. The van der Waals surface area contributed by atoms with Gasteiger partial charge >= 0.3 is 22.1 Å². The minimum atomic E-state index is 0.677. The second kappa shape index (κ2) is 4.28. The first-order valence-electron chi connectivity index (χ1n) is 5.93. The zero-order valence-electron chi connectivity index (χ0n) is 10.8. The van der Waals surface area contributed by atoms with Gasteiger partial charge in [0.15, 0.2) is 0 Å². The maximum absolute atomic E-state index is 5.86. The largest absolute Gasteiger partial charge is 0.399 e. The second-order valence-electron chi connectivity index (χ2n) is 4.19. The SMILES string of the molecule is CO[n+]1c2ccccc2[n+](OC)c2cc(N)ccc21. The van der Waals surface area contributed by atoms with Gasteiger partial charge in [-0.05, 0) is 6.07 Å². The quantitative estimate of drug-likeness (QED) is 0.407. The lowest BCUT2D eigenvalue weighted by molar-refractivity contribution is -0.875. The van der Waals surface area contributed by atoms with Gasteiger partial charge in [-0.25, -0.2) is 0 Å². The van der Waals surface area contributed by atoms with Crippen LogP contribution in [-0.2, 0) is 0 Å². The van der Waals surface area contributed by atoms with Crippen molar-refractivity contribution in [1.82, 2.24) is 0 Å². The monoisotopic (exact) mass is 257 g/mol. The van der Waals surface area contributed by atoms with Gasteiger partial charge in [0.2, 0.25) is 0 Å². The van der Waals surface area contributed by atoms with E-state index in [1.807, 2.05) is 42.5 Å². The molecule has 0 aliphatic heterocycles. The Kier molecular flexibility index (Phi) is 2.59. The van der Waals surface area contributed by atoms with Gasteiger partial charge in [0.1, 0.15) is 14.2 Å². The molecule has 3 rings (SSSR count). The minimum Gasteiger partial charge on any atom is -0.399 e. The van der Waals surface area contributed by atoms with Crippen LogP contribution in [0.15, 0.2) is 42.5 Å². The van der Waals surface area contributed by atoms with Crippen LogP contribution in [0.5, 0.6) is 0 Å². The number of aromatic nitrogens is 2. The Morgan fingerprint density at radius 1 is 0.789 bits per heavy atom. The van der Waals surface area contributed by atoms with Gasteiger partial charge in [0.05, 0.1) is 0 Å². The van der Waals surface area contributed by atoms with Crippen molar-refractivity contribution in [2.24, 2.45) is 0 Å². The molecule has 2 aromatic carbocycles. The number of rotatable bonds is 2. The average molecular weight is 257 g/mol. The summed E-state index contributed by atoms with van der Waals surface area (Å²) in [6, 6.07) is 13.5. The van der Waals surface area contributed by atoms with E-state index >= 15 is 0 Å². The highest BCUT2D eigenvalue weighted by atomic mass is 16.7. The number of benzene rings is 2. The second-order valence-corrected chi connectivity index (χ2v) is 4.19. The van der Waals surface area contributed by atoms with Gasteiger partial charge < -0.3 is 5.73 Å². The summed E-state index contributed by atoms with van der Waals surface area (Å²) in [5.74, 6) is 0. The summed E-state index contributed by atoms with van der Waals surface area (Å²) in [5.41, 5.74) is 10.1. The van der Waals surface area contributed by atoms with Crippen LogP contribution in [0, 0.1) is 0 Å². The zero-order valence-corrected chi connectivity index (χ0v) is 10.8. The van der Waals surface area contributed by atoms with E-state index in [-0.39, 0.29) is 0 Å². The maximum atomic E-state index is 5.86. The van der Waals surface area contributed by atoms with Crippen LogP contribution in [0.2, 0.25) is 0 Å². The van der Waals surface area contributed by atoms with Crippen LogP contribution in [0.1, 0.15) is 0 Å². The normalized spacial score (nSPS) is 10.8. The van der Waals surface area contributed by atoms with Crippen LogP contribution in [-0.4, -0.2) is 14.2 Å². The number of nitrogen functional groups attached to an aromatic ring is 1. The molecule has 5 heteroatoms. The van der Waals surface area contributed by atoms with Crippen LogP contribution < -0.4 is 24.9 Å². The Bertz CT molecular complexity index is 771. The molecule has 0 fully saturated rings. The lowest BCUT2D eigenvalue weighted by atomic mass is 10.2. The predicted octanol–water partition coefficient (Wildman–Crippen LogP) is 0.267. The first kappa shape index (κ1) is 11.5. The van der Waals surface area contributed by atoms with Gasteiger partial charge in [-0.3, -0.25) is 9.68 Å². The Morgan fingerprint density at radius 2 is 1.32 bits per heavy atom. The van der Waals surface area contributed by atoms with Crippen molar-refractivity contribution in [1.29, 1.82) is 0 Å². The molecule has 0 radical (unpaired) electrons. The highest BCUT2D eigenvalue weighted by Crippen LogP contribution is 2.14. The maximum Gasteiger partial charge on any atom is 0.336 e. The lowest BCUT2D eigenvalue weighted by Crippen LogP contribution is -2.51. The molecule has 0 saturated heterocycles. The smallest absolute Gasteiger partial charge is 0.336 e. The zero-order chi connectivity index (χ0) is 13.4.